The van der Waals surface area contributed by atoms with Crippen LogP contribution in [0, 0.1) is 0 Å². The molecule has 1 aliphatic heterocycles. The molecule has 0 saturated heterocycles. The molecule has 0 radical (unpaired) electrons. The molecule has 2 rings (SSSR count). The van der Waals surface area contributed by atoms with Crippen molar-refractivity contribution in [1.82, 2.24) is 0 Å². The summed E-state index contributed by atoms with van der Waals surface area (Å²) in [5.41, 5.74) is 7.98. The van der Waals surface area contributed by atoms with Crippen LogP contribution in [0.2, 0.25) is 0 Å². The van der Waals surface area contributed by atoms with Gasteiger partial charge < -0.3 is 15.5 Å². The molecular weight excluding hydrogens is 226 g/mol. The monoisotopic (exact) mass is 247 g/mol. The molecule has 1 heterocycles. The number of carbonyl (C=O) groups excluding carboxylic acids is 1. The van der Waals surface area contributed by atoms with Crippen molar-refractivity contribution in [2.45, 2.75) is 26.3 Å². The highest BCUT2D eigenvalue weighted by atomic mass is 16.2. The minimum atomic E-state index is -0.397. The molecule has 0 aliphatic carbocycles. The van der Waals surface area contributed by atoms with Crippen molar-refractivity contribution in [1.29, 1.82) is 0 Å². The average Bonchev–Trinajstić information content (AvgIpc) is 2.44. The summed E-state index contributed by atoms with van der Waals surface area (Å²) >= 11 is 0. The van der Waals surface area contributed by atoms with Crippen LogP contribution in [-0.4, -0.2) is 31.6 Å². The van der Waals surface area contributed by atoms with Crippen LogP contribution >= 0.6 is 0 Å². The Balaban J connectivity index is 2.33. The molecule has 0 aromatic heterocycles. The zero-order chi connectivity index (χ0) is 13.1. The Morgan fingerprint density at radius 3 is 2.56 bits per heavy atom. The van der Waals surface area contributed by atoms with E-state index in [4.69, 9.17) is 5.73 Å². The summed E-state index contributed by atoms with van der Waals surface area (Å²) in [5.74, 6) is 0.0284. The molecule has 0 bridgehead atoms. The lowest BCUT2D eigenvalue weighted by Crippen LogP contribution is -2.49. The minimum Gasteiger partial charge on any atom is -0.368 e. The maximum atomic E-state index is 12.3. The highest BCUT2D eigenvalue weighted by molar-refractivity contribution is 6.00. The molecule has 98 valence electrons. The van der Waals surface area contributed by atoms with E-state index < -0.39 is 6.04 Å². The first kappa shape index (κ1) is 12.9. The van der Waals surface area contributed by atoms with Gasteiger partial charge in [-0.2, -0.15) is 0 Å². The Bertz CT molecular complexity index is 433. The molecule has 1 amide bonds. The number of anilines is 2. The van der Waals surface area contributed by atoms with Gasteiger partial charge in [0.05, 0.1) is 17.4 Å². The van der Waals surface area contributed by atoms with E-state index >= 15 is 0 Å². The van der Waals surface area contributed by atoms with Crippen molar-refractivity contribution in [3.05, 3.63) is 24.3 Å². The van der Waals surface area contributed by atoms with Gasteiger partial charge in [-0.3, -0.25) is 4.79 Å². The Labute approximate surface area is 108 Å². The first-order valence-corrected chi connectivity index (χ1v) is 6.60. The number of benzene rings is 1. The fourth-order valence-electron chi connectivity index (χ4n) is 2.35. The molecule has 1 aromatic rings. The third-order valence-electron chi connectivity index (χ3n) is 3.51. The van der Waals surface area contributed by atoms with Gasteiger partial charge in [0.25, 0.3) is 0 Å². The topological polar surface area (TPSA) is 49.6 Å². The number of amides is 1. The summed E-state index contributed by atoms with van der Waals surface area (Å²) in [6.45, 7) is 6.62. The number of hydrogen-bond donors (Lipinski definition) is 1. The van der Waals surface area contributed by atoms with Gasteiger partial charge >= 0.3 is 0 Å². The van der Waals surface area contributed by atoms with Crippen LogP contribution in [0.25, 0.3) is 0 Å². The van der Waals surface area contributed by atoms with E-state index in [0.29, 0.717) is 6.42 Å². The molecule has 1 aromatic carbocycles. The Hall–Kier alpha value is -1.55. The molecule has 0 unspecified atom stereocenters. The molecule has 0 fully saturated rings. The van der Waals surface area contributed by atoms with E-state index in [0.717, 1.165) is 31.0 Å². The van der Waals surface area contributed by atoms with Crippen molar-refractivity contribution in [3.8, 4) is 0 Å². The van der Waals surface area contributed by atoms with Gasteiger partial charge in [-0.25, -0.2) is 0 Å². The number of fused-ring (bicyclic) bond motifs is 1. The third kappa shape index (κ3) is 2.20. The van der Waals surface area contributed by atoms with E-state index in [-0.39, 0.29) is 5.91 Å². The largest absolute Gasteiger partial charge is 0.368 e. The fourth-order valence-corrected chi connectivity index (χ4v) is 2.35. The second-order valence-corrected chi connectivity index (χ2v) is 4.57. The van der Waals surface area contributed by atoms with E-state index in [1.54, 1.807) is 0 Å². The number of nitrogens with two attached hydrogens (primary N) is 1. The Morgan fingerprint density at radius 2 is 1.94 bits per heavy atom. The van der Waals surface area contributed by atoms with Crippen LogP contribution in [-0.2, 0) is 4.79 Å². The van der Waals surface area contributed by atoms with Gasteiger partial charge in [0.2, 0.25) is 5.91 Å². The third-order valence-corrected chi connectivity index (χ3v) is 3.51. The summed E-state index contributed by atoms with van der Waals surface area (Å²) in [6.07, 6.45) is 0.676. The number of para-hydroxylation sites is 2. The van der Waals surface area contributed by atoms with Gasteiger partial charge in [0.1, 0.15) is 0 Å². The standard InChI is InChI=1S/C14H21N3O/c1-3-11(15)14(18)17-10-9-16(4-2)12-7-5-6-8-13(12)17/h5-8,11H,3-4,9-10,15H2,1-2H3/t11-/m0/s1. The summed E-state index contributed by atoms with van der Waals surface area (Å²) in [7, 11) is 0. The Kier molecular flexibility index (Phi) is 3.87. The Morgan fingerprint density at radius 1 is 1.28 bits per heavy atom. The second-order valence-electron chi connectivity index (χ2n) is 4.57. The van der Waals surface area contributed by atoms with E-state index in [9.17, 15) is 4.79 Å². The maximum absolute atomic E-state index is 12.3. The van der Waals surface area contributed by atoms with E-state index in [1.165, 1.54) is 0 Å². The van der Waals surface area contributed by atoms with Crippen molar-refractivity contribution < 1.29 is 4.79 Å². The lowest BCUT2D eigenvalue weighted by molar-refractivity contribution is -0.119. The first-order chi connectivity index (χ1) is 8.69. The number of hydrogen-bond acceptors (Lipinski definition) is 3. The lowest BCUT2D eigenvalue weighted by Gasteiger charge is -2.38. The molecule has 4 nitrogen and oxygen atoms in total. The van der Waals surface area contributed by atoms with Crippen LogP contribution in [0.1, 0.15) is 20.3 Å². The van der Waals surface area contributed by atoms with E-state index in [2.05, 4.69) is 17.9 Å². The lowest BCUT2D eigenvalue weighted by atomic mass is 10.1. The average molecular weight is 247 g/mol. The molecule has 0 spiro atoms. The first-order valence-electron chi connectivity index (χ1n) is 6.60. The maximum Gasteiger partial charge on any atom is 0.244 e. The van der Waals surface area contributed by atoms with Crippen molar-refractivity contribution in [2.24, 2.45) is 5.73 Å². The summed E-state index contributed by atoms with van der Waals surface area (Å²) < 4.78 is 0. The number of rotatable bonds is 3. The highest BCUT2D eigenvalue weighted by Crippen LogP contribution is 2.32. The molecule has 4 heteroatoms. The summed E-state index contributed by atoms with van der Waals surface area (Å²) in [6, 6.07) is 7.64. The van der Waals surface area contributed by atoms with Crippen LogP contribution < -0.4 is 15.5 Å². The van der Waals surface area contributed by atoms with Crippen molar-refractivity contribution in [3.63, 3.8) is 0 Å². The van der Waals surface area contributed by atoms with Crippen LogP contribution in [0.3, 0.4) is 0 Å². The van der Waals surface area contributed by atoms with Crippen LogP contribution in [0.15, 0.2) is 24.3 Å². The number of likely N-dealkylation sites (N-methyl/N-ethyl adjacent to an activating group) is 1. The van der Waals surface area contributed by atoms with Crippen LogP contribution in [0.4, 0.5) is 11.4 Å². The van der Waals surface area contributed by atoms with Gasteiger partial charge in [0, 0.05) is 19.6 Å². The normalized spacial score (nSPS) is 16.4. The van der Waals surface area contributed by atoms with Crippen molar-refractivity contribution in [2.75, 3.05) is 29.4 Å². The van der Waals surface area contributed by atoms with Gasteiger partial charge in [-0.05, 0) is 25.5 Å². The van der Waals surface area contributed by atoms with Crippen LogP contribution in [0.5, 0.6) is 0 Å². The predicted molar refractivity (Wildman–Crippen MR) is 74.9 cm³/mol. The van der Waals surface area contributed by atoms with Gasteiger partial charge in [0.15, 0.2) is 0 Å². The zero-order valence-electron chi connectivity index (χ0n) is 11.1. The molecule has 1 atom stereocenters. The van der Waals surface area contributed by atoms with Gasteiger partial charge in [-0.1, -0.05) is 19.1 Å². The molecule has 1 aliphatic rings. The summed E-state index contributed by atoms with van der Waals surface area (Å²) in [5, 5.41) is 0. The molecule has 18 heavy (non-hydrogen) atoms. The minimum absolute atomic E-state index is 0.0284. The second kappa shape index (κ2) is 5.40. The number of carbonyl (C=O) groups is 1. The molecule has 0 saturated carbocycles. The molecular formula is C14H21N3O. The predicted octanol–water partition coefficient (Wildman–Crippen LogP) is 1.60. The smallest absolute Gasteiger partial charge is 0.244 e. The van der Waals surface area contributed by atoms with E-state index in [1.807, 2.05) is 30.0 Å². The molecule has 2 N–H and O–H groups in total. The highest BCUT2D eigenvalue weighted by Gasteiger charge is 2.28. The number of nitrogens with zero attached hydrogens (tertiary/aromatic N) is 2. The fraction of sp³-hybridized carbons (Fsp3) is 0.500. The SMILES string of the molecule is CC[C@H](N)C(=O)N1CCN(CC)c2ccccc21. The van der Waals surface area contributed by atoms with Crippen molar-refractivity contribution >= 4 is 17.3 Å². The quantitative estimate of drug-likeness (QED) is 0.882. The zero-order valence-corrected chi connectivity index (χ0v) is 11.1. The van der Waals surface area contributed by atoms with Gasteiger partial charge in [-0.15, -0.1) is 0 Å². The summed E-state index contributed by atoms with van der Waals surface area (Å²) in [4.78, 5) is 16.4.